The molecule has 2 aromatic carbocycles. The molecule has 0 atom stereocenters. The van der Waals surface area contributed by atoms with Crippen LogP contribution in [0.4, 0.5) is 14.9 Å². The third kappa shape index (κ3) is 5.93. The molecule has 0 aliphatic carbocycles. The third-order valence-electron chi connectivity index (χ3n) is 3.49. The standard InChI is InChI=1S/C18H19ClFN3O3/c1-26-16-5-3-2-4-12(16)8-9-21-18(25)22-11-17(24)23-13-6-7-15(20)14(19)10-13/h2-7,10H,8-9,11H2,1H3,(H,23,24)(H2,21,22,25). The van der Waals surface area contributed by atoms with Crippen molar-refractivity contribution in [3.05, 3.63) is 58.9 Å². The molecule has 2 rings (SSSR count). The molecule has 0 bridgehead atoms. The van der Waals surface area contributed by atoms with Gasteiger partial charge in [0.05, 0.1) is 18.7 Å². The summed E-state index contributed by atoms with van der Waals surface area (Å²) in [5, 5.41) is 7.53. The molecule has 0 aliphatic heterocycles. The molecule has 0 unspecified atom stereocenters. The van der Waals surface area contributed by atoms with E-state index in [-0.39, 0.29) is 11.6 Å². The van der Waals surface area contributed by atoms with Crippen molar-refractivity contribution < 1.29 is 18.7 Å². The molecule has 3 amide bonds. The Balaban J connectivity index is 1.71. The number of ether oxygens (including phenoxy) is 1. The molecule has 138 valence electrons. The predicted molar refractivity (Wildman–Crippen MR) is 98.1 cm³/mol. The van der Waals surface area contributed by atoms with Crippen LogP contribution in [-0.4, -0.2) is 32.1 Å². The summed E-state index contributed by atoms with van der Waals surface area (Å²) in [4.78, 5) is 23.5. The van der Waals surface area contributed by atoms with Crippen LogP contribution < -0.4 is 20.7 Å². The van der Waals surface area contributed by atoms with Crippen molar-refractivity contribution in [1.29, 1.82) is 0 Å². The maximum absolute atomic E-state index is 13.1. The van der Waals surface area contributed by atoms with Crippen LogP contribution in [0.3, 0.4) is 0 Å². The second-order valence-corrected chi connectivity index (χ2v) is 5.76. The van der Waals surface area contributed by atoms with Crippen LogP contribution in [0.5, 0.6) is 5.75 Å². The number of halogens is 2. The first-order valence-electron chi connectivity index (χ1n) is 7.88. The Hall–Kier alpha value is -2.80. The van der Waals surface area contributed by atoms with Gasteiger partial charge in [-0.15, -0.1) is 0 Å². The van der Waals surface area contributed by atoms with E-state index >= 15 is 0 Å². The molecule has 26 heavy (non-hydrogen) atoms. The Morgan fingerprint density at radius 3 is 2.65 bits per heavy atom. The van der Waals surface area contributed by atoms with Crippen LogP contribution in [0.1, 0.15) is 5.56 Å². The molecule has 0 saturated carbocycles. The van der Waals surface area contributed by atoms with Gasteiger partial charge in [0.15, 0.2) is 0 Å². The van der Waals surface area contributed by atoms with E-state index in [1.165, 1.54) is 12.1 Å². The number of rotatable bonds is 7. The lowest BCUT2D eigenvalue weighted by molar-refractivity contribution is -0.115. The van der Waals surface area contributed by atoms with Crippen molar-refractivity contribution in [2.24, 2.45) is 0 Å². The molecule has 0 saturated heterocycles. The van der Waals surface area contributed by atoms with E-state index in [0.29, 0.717) is 18.7 Å². The average Bonchev–Trinajstić information content (AvgIpc) is 2.63. The Bertz CT molecular complexity index is 786. The number of carbonyl (C=O) groups is 2. The van der Waals surface area contributed by atoms with Gasteiger partial charge in [-0.2, -0.15) is 0 Å². The largest absolute Gasteiger partial charge is 0.496 e. The minimum atomic E-state index is -0.572. The second-order valence-electron chi connectivity index (χ2n) is 5.35. The average molecular weight is 380 g/mol. The fourth-order valence-corrected chi connectivity index (χ4v) is 2.40. The highest BCUT2D eigenvalue weighted by atomic mass is 35.5. The number of nitrogens with one attached hydrogen (secondary N) is 3. The summed E-state index contributed by atoms with van der Waals surface area (Å²) in [7, 11) is 1.59. The molecule has 0 aromatic heterocycles. The molecule has 8 heteroatoms. The number of hydrogen-bond acceptors (Lipinski definition) is 3. The van der Waals surface area contributed by atoms with E-state index in [1.54, 1.807) is 7.11 Å². The van der Waals surface area contributed by atoms with E-state index in [4.69, 9.17) is 16.3 Å². The SMILES string of the molecule is COc1ccccc1CCNC(=O)NCC(=O)Nc1ccc(F)c(Cl)c1. The van der Waals surface area contributed by atoms with Gasteiger partial charge in [-0.3, -0.25) is 4.79 Å². The maximum atomic E-state index is 13.1. The van der Waals surface area contributed by atoms with Gasteiger partial charge in [0.1, 0.15) is 11.6 Å². The molecule has 3 N–H and O–H groups in total. The number of amides is 3. The Morgan fingerprint density at radius 1 is 1.15 bits per heavy atom. The second kappa shape index (κ2) is 9.62. The lowest BCUT2D eigenvalue weighted by Gasteiger charge is -2.10. The molecule has 0 fully saturated rings. The highest BCUT2D eigenvalue weighted by molar-refractivity contribution is 6.31. The van der Waals surface area contributed by atoms with Crippen LogP contribution in [0, 0.1) is 5.82 Å². The summed E-state index contributed by atoms with van der Waals surface area (Å²) in [6, 6.07) is 10.9. The minimum Gasteiger partial charge on any atom is -0.496 e. The Kier molecular flexibility index (Phi) is 7.23. The molecule has 6 nitrogen and oxygen atoms in total. The highest BCUT2D eigenvalue weighted by Crippen LogP contribution is 2.19. The summed E-state index contributed by atoms with van der Waals surface area (Å²) >= 11 is 5.64. The number of para-hydroxylation sites is 1. The van der Waals surface area contributed by atoms with E-state index in [9.17, 15) is 14.0 Å². The number of carbonyl (C=O) groups excluding carboxylic acids is 2. The zero-order chi connectivity index (χ0) is 18.9. The number of benzene rings is 2. The topological polar surface area (TPSA) is 79.5 Å². The van der Waals surface area contributed by atoms with Crippen LogP contribution in [0.15, 0.2) is 42.5 Å². The van der Waals surface area contributed by atoms with E-state index in [2.05, 4.69) is 16.0 Å². The lowest BCUT2D eigenvalue weighted by Crippen LogP contribution is -2.40. The zero-order valence-corrected chi connectivity index (χ0v) is 14.9. The smallest absolute Gasteiger partial charge is 0.315 e. The minimum absolute atomic E-state index is 0.0927. The molecule has 0 aliphatic rings. The quantitative estimate of drug-likeness (QED) is 0.692. The Morgan fingerprint density at radius 2 is 1.92 bits per heavy atom. The van der Waals surface area contributed by atoms with Gasteiger partial charge in [-0.05, 0) is 36.2 Å². The number of methoxy groups -OCH3 is 1. The van der Waals surface area contributed by atoms with E-state index < -0.39 is 17.8 Å². The van der Waals surface area contributed by atoms with Gasteiger partial charge in [0.25, 0.3) is 0 Å². The fraction of sp³-hybridized carbons (Fsp3) is 0.222. The first-order valence-corrected chi connectivity index (χ1v) is 8.26. The fourth-order valence-electron chi connectivity index (χ4n) is 2.22. The van der Waals surface area contributed by atoms with Crippen LogP contribution >= 0.6 is 11.6 Å². The summed E-state index contributed by atoms with van der Waals surface area (Å²) in [6.45, 7) is 0.164. The predicted octanol–water partition coefficient (Wildman–Crippen LogP) is 2.97. The van der Waals surface area contributed by atoms with E-state index in [0.717, 1.165) is 17.4 Å². The molecular formula is C18H19ClFN3O3. The summed E-state index contributed by atoms with van der Waals surface area (Å²) in [5.74, 6) is -0.267. The molecule has 0 radical (unpaired) electrons. The van der Waals surface area contributed by atoms with Crippen molar-refractivity contribution >= 4 is 29.2 Å². The van der Waals surface area contributed by atoms with Crippen LogP contribution in [0.2, 0.25) is 5.02 Å². The highest BCUT2D eigenvalue weighted by Gasteiger charge is 2.08. The van der Waals surface area contributed by atoms with Crippen molar-refractivity contribution in [1.82, 2.24) is 10.6 Å². The zero-order valence-electron chi connectivity index (χ0n) is 14.1. The molecule has 0 heterocycles. The van der Waals surface area contributed by atoms with Crippen molar-refractivity contribution in [2.75, 3.05) is 25.5 Å². The van der Waals surface area contributed by atoms with Gasteiger partial charge in [-0.25, -0.2) is 9.18 Å². The van der Waals surface area contributed by atoms with Gasteiger partial charge in [-0.1, -0.05) is 29.8 Å². The van der Waals surface area contributed by atoms with Crippen molar-refractivity contribution in [3.63, 3.8) is 0 Å². The molecule has 0 spiro atoms. The van der Waals surface area contributed by atoms with Gasteiger partial charge in [0.2, 0.25) is 5.91 Å². The van der Waals surface area contributed by atoms with Crippen LogP contribution in [-0.2, 0) is 11.2 Å². The number of hydrogen-bond donors (Lipinski definition) is 3. The monoisotopic (exact) mass is 379 g/mol. The summed E-state index contributed by atoms with van der Waals surface area (Å²) in [6.07, 6.45) is 0.595. The maximum Gasteiger partial charge on any atom is 0.315 e. The van der Waals surface area contributed by atoms with Crippen molar-refractivity contribution in [2.45, 2.75) is 6.42 Å². The Labute approximate surface area is 155 Å². The van der Waals surface area contributed by atoms with Gasteiger partial charge < -0.3 is 20.7 Å². The van der Waals surface area contributed by atoms with Crippen molar-refractivity contribution in [3.8, 4) is 5.75 Å². The molecule has 2 aromatic rings. The van der Waals surface area contributed by atoms with Crippen LogP contribution in [0.25, 0.3) is 0 Å². The molecular weight excluding hydrogens is 361 g/mol. The van der Waals surface area contributed by atoms with E-state index in [1.807, 2.05) is 24.3 Å². The number of anilines is 1. The van der Waals surface area contributed by atoms with Gasteiger partial charge >= 0.3 is 6.03 Å². The third-order valence-corrected chi connectivity index (χ3v) is 3.77. The first-order chi connectivity index (χ1) is 12.5. The first kappa shape index (κ1) is 19.5. The summed E-state index contributed by atoms with van der Waals surface area (Å²) < 4.78 is 18.3. The normalized spacial score (nSPS) is 10.1. The number of urea groups is 1. The lowest BCUT2D eigenvalue weighted by atomic mass is 10.1. The van der Waals surface area contributed by atoms with Gasteiger partial charge in [0, 0.05) is 12.2 Å². The summed E-state index contributed by atoms with van der Waals surface area (Å²) in [5.41, 5.74) is 1.32.